The molecule has 3 atom stereocenters. The van der Waals surface area contributed by atoms with Crippen molar-refractivity contribution in [2.75, 3.05) is 26.7 Å². The number of carboxylic acids is 1. The molecule has 5 nitrogen and oxygen atoms in total. The molecule has 1 aliphatic rings. The van der Waals surface area contributed by atoms with E-state index in [-0.39, 0.29) is 12.3 Å². The number of benzene rings is 2. The van der Waals surface area contributed by atoms with Gasteiger partial charge in [0.25, 0.3) is 0 Å². The zero-order valence-corrected chi connectivity index (χ0v) is 22.2. The Bertz CT molecular complexity index is 1190. The summed E-state index contributed by atoms with van der Waals surface area (Å²) in [5.74, 6) is 0.504. The predicted molar refractivity (Wildman–Crippen MR) is 146 cm³/mol. The van der Waals surface area contributed by atoms with Gasteiger partial charge in [0.05, 0.1) is 12.6 Å². The maximum atomic E-state index is 15.5. The summed E-state index contributed by atoms with van der Waals surface area (Å²) < 4.78 is 20.9. The van der Waals surface area contributed by atoms with E-state index >= 15 is 4.39 Å². The van der Waals surface area contributed by atoms with E-state index in [1.165, 1.54) is 5.56 Å². The fourth-order valence-corrected chi connectivity index (χ4v) is 5.85. The number of likely N-dealkylation sites (tertiary alicyclic amines) is 1. The first-order valence-corrected chi connectivity index (χ1v) is 13.6. The number of fused-ring (bicyclic) bond motifs is 1. The van der Waals surface area contributed by atoms with Crippen molar-refractivity contribution in [3.05, 3.63) is 70.9 Å². The van der Waals surface area contributed by atoms with E-state index < -0.39 is 12.1 Å². The Morgan fingerprint density at radius 2 is 2.08 bits per heavy atom. The molecule has 0 spiro atoms. The number of ether oxygens (including phenoxy) is 1. The number of nitrogens with zero attached hydrogens (tertiary/aromatic N) is 2. The summed E-state index contributed by atoms with van der Waals surface area (Å²) in [5.41, 5.74) is 2.64. The predicted octanol–water partition coefficient (Wildman–Crippen LogP) is 7.12. The van der Waals surface area contributed by atoms with E-state index in [9.17, 15) is 9.90 Å². The van der Waals surface area contributed by atoms with Gasteiger partial charge in [0.2, 0.25) is 0 Å². The summed E-state index contributed by atoms with van der Waals surface area (Å²) in [6, 6.07) is 15.3. The average Bonchev–Trinajstić information content (AvgIpc) is 2.90. The Kier molecular flexibility index (Phi) is 9.75. The van der Waals surface area contributed by atoms with Crippen molar-refractivity contribution < 1.29 is 19.0 Å². The molecular weight excluding hydrogens is 491 g/mol. The molecule has 2 heterocycles. The van der Waals surface area contributed by atoms with Gasteiger partial charge in [0.15, 0.2) is 0 Å². The van der Waals surface area contributed by atoms with Gasteiger partial charge in [0, 0.05) is 29.6 Å². The van der Waals surface area contributed by atoms with Gasteiger partial charge in [-0.15, -0.1) is 0 Å². The summed E-state index contributed by atoms with van der Waals surface area (Å²) in [7, 11) is 1.60. The molecule has 0 amide bonds. The molecule has 1 aliphatic heterocycles. The quantitative estimate of drug-likeness (QED) is 0.272. The molecule has 1 saturated heterocycles. The Labute approximate surface area is 223 Å². The van der Waals surface area contributed by atoms with Crippen LogP contribution in [0.1, 0.15) is 55.8 Å². The number of carbonyl (C=O) groups is 1. The summed E-state index contributed by atoms with van der Waals surface area (Å²) in [6.45, 7) is 2.81. The van der Waals surface area contributed by atoms with Gasteiger partial charge in [-0.25, -0.2) is 4.39 Å². The molecule has 1 aromatic heterocycles. The molecule has 7 heteroatoms. The fourth-order valence-electron chi connectivity index (χ4n) is 5.64. The van der Waals surface area contributed by atoms with Crippen molar-refractivity contribution in [1.29, 1.82) is 0 Å². The summed E-state index contributed by atoms with van der Waals surface area (Å²) >= 11 is 6.11. The molecular formula is C30H36ClFN2O3. The lowest BCUT2D eigenvalue weighted by atomic mass is 9.79. The lowest BCUT2D eigenvalue weighted by Gasteiger charge is -2.39. The number of pyridine rings is 1. The van der Waals surface area contributed by atoms with Crippen molar-refractivity contribution in [3.63, 3.8) is 0 Å². The van der Waals surface area contributed by atoms with Gasteiger partial charge in [-0.05, 0) is 111 Å². The number of halogens is 2. The number of rotatable bonds is 12. The van der Waals surface area contributed by atoms with E-state index in [2.05, 4.69) is 16.0 Å². The molecule has 0 aliphatic carbocycles. The number of piperidine rings is 1. The number of hydrogen-bond acceptors (Lipinski definition) is 4. The minimum absolute atomic E-state index is 0.158. The largest absolute Gasteiger partial charge is 0.497 e. The third-order valence-corrected chi connectivity index (χ3v) is 7.88. The fraction of sp³-hybridized carbons (Fsp3) is 0.467. The Balaban J connectivity index is 1.35. The van der Waals surface area contributed by atoms with Crippen LogP contribution in [0, 0.1) is 11.8 Å². The lowest BCUT2D eigenvalue weighted by Crippen LogP contribution is -2.41. The Morgan fingerprint density at radius 1 is 1.22 bits per heavy atom. The van der Waals surface area contributed by atoms with E-state index in [0.29, 0.717) is 30.1 Å². The number of methoxy groups -OCH3 is 1. The summed E-state index contributed by atoms with van der Waals surface area (Å²) in [4.78, 5) is 18.1. The van der Waals surface area contributed by atoms with E-state index in [1.807, 2.05) is 36.4 Å². The zero-order chi connectivity index (χ0) is 26.2. The standard InChI is InChI=1S/C30H36ClFN2O3/c1-37-25-9-11-29-27(19-25)26(13-15-33-29)28(32)10-7-22-14-17-34(20-23(22)8-12-30(35)36)16-3-5-21-4-2-6-24(31)18-21/h2,4,6,9,11,13,15,18-19,22-23,28H,3,5,7-8,10,12,14,16-17,20H2,1H3,(H,35,36)/t22-,23-,28-/m1/s1. The van der Waals surface area contributed by atoms with Crippen LogP contribution in [0.4, 0.5) is 4.39 Å². The second-order valence-electron chi connectivity index (χ2n) is 10.1. The van der Waals surface area contributed by atoms with Gasteiger partial charge >= 0.3 is 5.97 Å². The van der Waals surface area contributed by atoms with Crippen LogP contribution in [0.3, 0.4) is 0 Å². The molecule has 0 saturated carbocycles. The van der Waals surface area contributed by atoms with Crippen molar-refractivity contribution in [1.82, 2.24) is 9.88 Å². The van der Waals surface area contributed by atoms with Crippen LogP contribution in [0.15, 0.2) is 54.7 Å². The minimum atomic E-state index is -1.10. The normalized spacial score (nSPS) is 19.1. The van der Waals surface area contributed by atoms with Gasteiger partial charge < -0.3 is 14.7 Å². The highest BCUT2D eigenvalue weighted by atomic mass is 35.5. The van der Waals surface area contributed by atoms with E-state index in [4.69, 9.17) is 16.3 Å². The molecule has 2 aromatic carbocycles. The third-order valence-electron chi connectivity index (χ3n) is 7.64. The van der Waals surface area contributed by atoms with Crippen molar-refractivity contribution in [3.8, 4) is 5.75 Å². The monoisotopic (exact) mass is 526 g/mol. The number of carboxylic acid groups (broad SMARTS) is 1. The highest BCUT2D eigenvalue weighted by Gasteiger charge is 2.30. The highest BCUT2D eigenvalue weighted by molar-refractivity contribution is 6.30. The molecule has 198 valence electrons. The molecule has 0 radical (unpaired) electrons. The van der Waals surface area contributed by atoms with Crippen LogP contribution >= 0.6 is 11.6 Å². The third kappa shape index (κ3) is 7.65. The zero-order valence-electron chi connectivity index (χ0n) is 21.4. The van der Waals surface area contributed by atoms with Crippen LogP contribution in [0.2, 0.25) is 5.02 Å². The second kappa shape index (κ2) is 13.2. The van der Waals surface area contributed by atoms with Crippen LogP contribution in [-0.2, 0) is 11.2 Å². The van der Waals surface area contributed by atoms with Crippen molar-refractivity contribution in [2.24, 2.45) is 11.8 Å². The molecule has 0 bridgehead atoms. The van der Waals surface area contributed by atoms with Gasteiger partial charge in [-0.2, -0.15) is 0 Å². The van der Waals surface area contributed by atoms with Crippen molar-refractivity contribution in [2.45, 2.75) is 51.1 Å². The first-order valence-electron chi connectivity index (χ1n) is 13.2. The number of aryl methyl sites for hydroxylation is 1. The second-order valence-corrected chi connectivity index (χ2v) is 10.5. The summed E-state index contributed by atoms with van der Waals surface area (Å²) in [6.07, 6.45) is 5.48. The smallest absolute Gasteiger partial charge is 0.303 e. The van der Waals surface area contributed by atoms with Crippen LogP contribution in [0.25, 0.3) is 10.9 Å². The van der Waals surface area contributed by atoms with Gasteiger partial charge in [-0.3, -0.25) is 9.78 Å². The van der Waals surface area contributed by atoms with Crippen LogP contribution in [0.5, 0.6) is 5.75 Å². The maximum absolute atomic E-state index is 15.5. The van der Waals surface area contributed by atoms with Crippen LogP contribution in [-0.4, -0.2) is 47.7 Å². The number of hydrogen-bond donors (Lipinski definition) is 1. The van der Waals surface area contributed by atoms with E-state index in [0.717, 1.165) is 61.2 Å². The number of aromatic nitrogens is 1. The molecule has 37 heavy (non-hydrogen) atoms. The lowest BCUT2D eigenvalue weighted by molar-refractivity contribution is -0.137. The minimum Gasteiger partial charge on any atom is -0.497 e. The maximum Gasteiger partial charge on any atom is 0.303 e. The van der Waals surface area contributed by atoms with E-state index in [1.54, 1.807) is 19.4 Å². The van der Waals surface area contributed by atoms with Gasteiger partial charge in [-0.1, -0.05) is 23.7 Å². The molecule has 0 unspecified atom stereocenters. The first kappa shape index (κ1) is 27.3. The Hall–Kier alpha value is -2.70. The Morgan fingerprint density at radius 3 is 2.86 bits per heavy atom. The topological polar surface area (TPSA) is 62.7 Å². The highest BCUT2D eigenvalue weighted by Crippen LogP contribution is 2.36. The molecule has 1 fully saturated rings. The number of alkyl halides is 1. The van der Waals surface area contributed by atoms with Crippen molar-refractivity contribution >= 4 is 28.5 Å². The summed E-state index contributed by atoms with van der Waals surface area (Å²) in [5, 5.41) is 10.8. The SMILES string of the molecule is COc1ccc2nccc([C@H](F)CC[C@@H]3CCN(CCCc4cccc(Cl)c4)C[C@H]3CCC(=O)O)c2c1. The van der Waals surface area contributed by atoms with Gasteiger partial charge in [0.1, 0.15) is 11.9 Å². The molecule has 3 aromatic rings. The first-order chi connectivity index (χ1) is 17.9. The average molecular weight is 527 g/mol. The van der Waals surface area contributed by atoms with Crippen LogP contribution < -0.4 is 4.74 Å². The molecule has 1 N–H and O–H groups in total. The molecule has 4 rings (SSSR count). The number of aliphatic carboxylic acids is 1.